The lowest BCUT2D eigenvalue weighted by Gasteiger charge is -2.27. The third-order valence-corrected chi connectivity index (χ3v) is 5.57. The summed E-state index contributed by atoms with van der Waals surface area (Å²) in [6.07, 6.45) is 1.69. The highest BCUT2D eigenvalue weighted by Gasteiger charge is 2.44. The number of hydrogen-bond acceptors (Lipinski definition) is 7. The Morgan fingerprint density at radius 2 is 1.69 bits per heavy atom. The number of carbonyl (C=O) groups excluding carboxylic acids is 3. The zero-order chi connectivity index (χ0) is 25.5. The highest BCUT2D eigenvalue weighted by molar-refractivity contribution is 6.23. The number of imide groups is 1. The topological polar surface area (TPSA) is 123 Å². The van der Waals surface area contributed by atoms with Crippen LogP contribution in [0.5, 0.6) is 17.2 Å². The molecule has 1 heterocycles. The third-order valence-electron chi connectivity index (χ3n) is 5.57. The van der Waals surface area contributed by atoms with Gasteiger partial charge in [-0.05, 0) is 48.4 Å². The number of amides is 3. The van der Waals surface area contributed by atoms with Crippen molar-refractivity contribution in [3.63, 3.8) is 0 Å². The highest BCUT2D eigenvalue weighted by atomic mass is 16.5. The average molecular weight is 482 g/mol. The molecule has 0 spiro atoms. The molecule has 1 fully saturated rings. The summed E-state index contributed by atoms with van der Waals surface area (Å²) in [5.74, 6) is -1.40. The van der Waals surface area contributed by atoms with E-state index in [1.807, 2.05) is 0 Å². The summed E-state index contributed by atoms with van der Waals surface area (Å²) >= 11 is 0. The number of benzene rings is 2. The number of hydrogen-bond donors (Lipinski definition) is 1. The second kappa shape index (κ2) is 11.2. The summed E-state index contributed by atoms with van der Waals surface area (Å²) in [5, 5.41) is 8.93. The largest absolute Gasteiger partial charge is 0.497 e. The molecule has 0 radical (unpaired) electrons. The molecule has 0 saturated carbocycles. The predicted octanol–water partition coefficient (Wildman–Crippen LogP) is 2.06. The van der Waals surface area contributed by atoms with E-state index in [-0.39, 0.29) is 13.0 Å². The maximum atomic E-state index is 13.3. The van der Waals surface area contributed by atoms with E-state index in [2.05, 4.69) is 0 Å². The standard InChI is InChI=1S/C25H26N2O8/c1-33-18-7-5-17(6-8-18)27-23(29)15-19(25(27)32)26(22(28)10-11-24(30)31)13-12-16-4-9-20(34-2)21(14-16)35-3/h4-11,14,19H,12-13,15H2,1-3H3,(H,30,31). The summed E-state index contributed by atoms with van der Waals surface area (Å²) in [5.41, 5.74) is 1.16. The third kappa shape index (κ3) is 5.78. The van der Waals surface area contributed by atoms with Crippen LogP contribution in [0.2, 0.25) is 0 Å². The molecule has 10 nitrogen and oxygen atoms in total. The Morgan fingerprint density at radius 3 is 2.29 bits per heavy atom. The van der Waals surface area contributed by atoms with E-state index in [0.29, 0.717) is 35.4 Å². The van der Waals surface area contributed by atoms with Crippen LogP contribution in [0.1, 0.15) is 12.0 Å². The summed E-state index contributed by atoms with van der Waals surface area (Å²) in [4.78, 5) is 52.1. The summed E-state index contributed by atoms with van der Waals surface area (Å²) in [7, 11) is 4.53. The molecule has 1 N–H and O–H groups in total. The average Bonchev–Trinajstić information content (AvgIpc) is 3.15. The van der Waals surface area contributed by atoms with Crippen LogP contribution in [0.25, 0.3) is 0 Å². The van der Waals surface area contributed by atoms with Gasteiger partial charge in [-0.1, -0.05) is 6.07 Å². The Morgan fingerprint density at radius 1 is 1.00 bits per heavy atom. The van der Waals surface area contributed by atoms with Gasteiger partial charge in [0, 0.05) is 18.7 Å². The molecule has 35 heavy (non-hydrogen) atoms. The van der Waals surface area contributed by atoms with Crippen LogP contribution in [-0.2, 0) is 25.6 Å². The number of carboxylic acids is 1. The van der Waals surface area contributed by atoms with E-state index >= 15 is 0 Å². The van der Waals surface area contributed by atoms with Crippen molar-refractivity contribution in [1.29, 1.82) is 0 Å². The van der Waals surface area contributed by atoms with Crippen molar-refractivity contribution in [2.24, 2.45) is 0 Å². The van der Waals surface area contributed by atoms with E-state index in [4.69, 9.17) is 19.3 Å². The Balaban J connectivity index is 1.86. The molecule has 0 aliphatic carbocycles. The Kier molecular flexibility index (Phi) is 8.08. The summed E-state index contributed by atoms with van der Waals surface area (Å²) in [6.45, 7) is 0.0679. The van der Waals surface area contributed by atoms with Crippen molar-refractivity contribution in [2.45, 2.75) is 18.9 Å². The SMILES string of the molecule is COc1ccc(N2C(=O)CC(N(CCc3ccc(OC)c(OC)c3)C(=O)C=CC(=O)O)C2=O)cc1. The maximum absolute atomic E-state index is 13.3. The van der Waals surface area contributed by atoms with Crippen LogP contribution in [0.4, 0.5) is 5.69 Å². The molecule has 0 aromatic heterocycles. The fourth-order valence-corrected chi connectivity index (χ4v) is 3.81. The van der Waals surface area contributed by atoms with Crippen molar-refractivity contribution < 1.29 is 38.5 Å². The van der Waals surface area contributed by atoms with Crippen LogP contribution < -0.4 is 19.1 Å². The fraction of sp³-hybridized carbons (Fsp3) is 0.280. The number of anilines is 1. The summed E-state index contributed by atoms with van der Waals surface area (Å²) < 4.78 is 15.7. The van der Waals surface area contributed by atoms with Gasteiger partial charge < -0.3 is 24.2 Å². The molecule has 1 aliphatic heterocycles. The van der Waals surface area contributed by atoms with Crippen molar-refractivity contribution in [1.82, 2.24) is 4.90 Å². The second-order valence-electron chi connectivity index (χ2n) is 7.63. The number of nitrogens with zero attached hydrogens (tertiary/aromatic N) is 2. The Hall–Kier alpha value is -4.34. The van der Waals surface area contributed by atoms with Gasteiger partial charge in [0.25, 0.3) is 5.91 Å². The van der Waals surface area contributed by atoms with Crippen LogP contribution in [0.15, 0.2) is 54.6 Å². The number of ether oxygens (including phenoxy) is 3. The van der Waals surface area contributed by atoms with Crippen LogP contribution in [0, 0.1) is 0 Å². The monoisotopic (exact) mass is 482 g/mol. The fourth-order valence-electron chi connectivity index (χ4n) is 3.81. The van der Waals surface area contributed by atoms with Gasteiger partial charge in [0.1, 0.15) is 11.8 Å². The molecule has 2 aromatic rings. The smallest absolute Gasteiger partial charge is 0.328 e. The van der Waals surface area contributed by atoms with Gasteiger partial charge in [0.2, 0.25) is 11.8 Å². The molecule has 0 bridgehead atoms. The number of carboxylic acid groups (broad SMARTS) is 1. The van der Waals surface area contributed by atoms with E-state index < -0.39 is 29.7 Å². The van der Waals surface area contributed by atoms with Gasteiger partial charge >= 0.3 is 5.97 Å². The molecule has 1 atom stereocenters. The molecule has 1 saturated heterocycles. The van der Waals surface area contributed by atoms with Gasteiger partial charge in [0.05, 0.1) is 33.4 Å². The number of methoxy groups -OCH3 is 3. The molecule has 1 unspecified atom stereocenters. The quantitative estimate of drug-likeness (QED) is 0.403. The first-order chi connectivity index (χ1) is 16.8. The van der Waals surface area contributed by atoms with Crippen LogP contribution in [-0.4, -0.2) is 67.6 Å². The molecule has 3 rings (SSSR count). The molecule has 184 valence electrons. The van der Waals surface area contributed by atoms with Crippen molar-refractivity contribution in [2.75, 3.05) is 32.8 Å². The molecule has 10 heteroatoms. The maximum Gasteiger partial charge on any atom is 0.328 e. The lowest BCUT2D eigenvalue weighted by Crippen LogP contribution is -2.46. The number of rotatable bonds is 10. The normalized spacial score (nSPS) is 15.4. The molecular weight excluding hydrogens is 456 g/mol. The van der Waals surface area contributed by atoms with Gasteiger partial charge in [0.15, 0.2) is 11.5 Å². The molecule has 1 aliphatic rings. The minimum absolute atomic E-state index is 0.0679. The minimum Gasteiger partial charge on any atom is -0.497 e. The number of aliphatic carboxylic acids is 1. The van der Waals surface area contributed by atoms with E-state index in [1.54, 1.807) is 42.5 Å². The van der Waals surface area contributed by atoms with Crippen LogP contribution in [0.3, 0.4) is 0 Å². The minimum atomic E-state index is -1.30. The van der Waals surface area contributed by atoms with E-state index in [9.17, 15) is 19.2 Å². The van der Waals surface area contributed by atoms with Gasteiger partial charge in [-0.3, -0.25) is 14.4 Å². The van der Waals surface area contributed by atoms with Gasteiger partial charge in [-0.25, -0.2) is 9.69 Å². The molecule has 2 aromatic carbocycles. The number of carbonyl (C=O) groups is 4. The molecule has 3 amide bonds. The van der Waals surface area contributed by atoms with Gasteiger partial charge in [-0.15, -0.1) is 0 Å². The molecular formula is C25H26N2O8. The van der Waals surface area contributed by atoms with E-state index in [1.165, 1.54) is 26.2 Å². The van der Waals surface area contributed by atoms with Crippen LogP contribution >= 0.6 is 0 Å². The van der Waals surface area contributed by atoms with E-state index in [0.717, 1.165) is 16.5 Å². The summed E-state index contributed by atoms with van der Waals surface area (Å²) in [6, 6.07) is 10.6. The second-order valence-corrected chi connectivity index (χ2v) is 7.63. The van der Waals surface area contributed by atoms with Crippen molar-refractivity contribution >= 4 is 29.4 Å². The first kappa shape index (κ1) is 25.3. The zero-order valence-corrected chi connectivity index (χ0v) is 19.6. The lowest BCUT2D eigenvalue weighted by molar-refractivity contribution is -0.135. The van der Waals surface area contributed by atoms with Crippen molar-refractivity contribution in [3.8, 4) is 17.2 Å². The Bertz CT molecular complexity index is 1140. The van der Waals surface area contributed by atoms with Gasteiger partial charge in [-0.2, -0.15) is 0 Å². The van der Waals surface area contributed by atoms with Crippen molar-refractivity contribution in [3.05, 3.63) is 60.2 Å². The lowest BCUT2D eigenvalue weighted by atomic mass is 10.1. The first-order valence-corrected chi connectivity index (χ1v) is 10.7. The first-order valence-electron chi connectivity index (χ1n) is 10.7. The Labute approximate surface area is 202 Å². The highest BCUT2D eigenvalue weighted by Crippen LogP contribution is 2.30. The zero-order valence-electron chi connectivity index (χ0n) is 19.6. The predicted molar refractivity (Wildman–Crippen MR) is 126 cm³/mol.